The number of benzene rings is 1. The fourth-order valence-electron chi connectivity index (χ4n) is 5.04. The van der Waals surface area contributed by atoms with E-state index in [-0.39, 0.29) is 48.3 Å². The van der Waals surface area contributed by atoms with Crippen molar-refractivity contribution in [1.29, 1.82) is 0 Å². The molecule has 0 radical (unpaired) electrons. The third-order valence-electron chi connectivity index (χ3n) is 7.16. The van der Waals surface area contributed by atoms with Gasteiger partial charge in [0.05, 0.1) is 12.7 Å². The Balaban J connectivity index is 1.60. The molecule has 0 aliphatic carbocycles. The summed E-state index contributed by atoms with van der Waals surface area (Å²) in [5.41, 5.74) is 0.993. The third kappa shape index (κ3) is 6.53. The molecule has 37 heavy (non-hydrogen) atoms. The Morgan fingerprint density at radius 2 is 1.95 bits per heavy atom. The molecule has 2 aliphatic heterocycles. The van der Waals surface area contributed by atoms with Crippen LogP contribution in [-0.4, -0.2) is 81.7 Å². The molecule has 0 N–H and O–H groups in total. The summed E-state index contributed by atoms with van der Waals surface area (Å²) < 4.78 is 6.06. The van der Waals surface area contributed by atoms with Crippen LogP contribution in [-0.2, 0) is 16.1 Å². The van der Waals surface area contributed by atoms with Crippen LogP contribution >= 0.6 is 0 Å². The van der Waals surface area contributed by atoms with Crippen LogP contribution in [0.4, 0.5) is 0 Å². The van der Waals surface area contributed by atoms with Crippen molar-refractivity contribution >= 4 is 17.7 Å². The molecule has 2 aliphatic rings. The van der Waals surface area contributed by atoms with Crippen molar-refractivity contribution in [1.82, 2.24) is 24.7 Å². The Hall–Kier alpha value is -3.75. The molecule has 0 unspecified atom stereocenters. The summed E-state index contributed by atoms with van der Waals surface area (Å²) in [6.07, 6.45) is 9.63. The van der Waals surface area contributed by atoms with E-state index >= 15 is 0 Å². The highest BCUT2D eigenvalue weighted by molar-refractivity contribution is 5.94. The first kappa shape index (κ1) is 26.3. The highest BCUT2D eigenvalue weighted by atomic mass is 16.5. The van der Waals surface area contributed by atoms with E-state index in [1.165, 1.54) is 23.5 Å². The second-order valence-corrected chi connectivity index (χ2v) is 9.42. The highest BCUT2D eigenvalue weighted by Gasteiger charge is 2.33. The first-order chi connectivity index (χ1) is 18.0. The van der Waals surface area contributed by atoms with E-state index in [2.05, 4.69) is 16.0 Å². The smallest absolute Gasteiger partial charge is 0.274 e. The molecule has 9 heteroatoms. The number of nitrogens with zero attached hydrogens (tertiary/aromatic N) is 5. The lowest BCUT2D eigenvalue weighted by Gasteiger charge is -2.38. The highest BCUT2D eigenvalue weighted by Crippen LogP contribution is 2.29. The van der Waals surface area contributed by atoms with E-state index in [0.29, 0.717) is 45.0 Å². The summed E-state index contributed by atoms with van der Waals surface area (Å²) in [4.78, 5) is 53.0. The van der Waals surface area contributed by atoms with Gasteiger partial charge in [-0.2, -0.15) is 0 Å². The lowest BCUT2D eigenvalue weighted by Crippen LogP contribution is -2.49. The Kier molecular flexibility index (Phi) is 8.87. The third-order valence-corrected chi connectivity index (χ3v) is 7.16. The minimum atomic E-state index is -0.361. The fraction of sp³-hybridized carbons (Fsp3) is 0.464. The van der Waals surface area contributed by atoms with Gasteiger partial charge in [-0.3, -0.25) is 19.4 Å². The Morgan fingerprint density at radius 3 is 2.70 bits per heavy atom. The van der Waals surface area contributed by atoms with Crippen LogP contribution in [0.2, 0.25) is 0 Å². The van der Waals surface area contributed by atoms with Gasteiger partial charge >= 0.3 is 0 Å². The van der Waals surface area contributed by atoms with Gasteiger partial charge in [-0.1, -0.05) is 30.4 Å². The molecule has 4 rings (SSSR count). The first-order valence-electron chi connectivity index (χ1n) is 13.0. The molecule has 1 saturated heterocycles. The minimum Gasteiger partial charge on any atom is -0.489 e. The zero-order chi connectivity index (χ0) is 26.2. The van der Waals surface area contributed by atoms with Gasteiger partial charge < -0.3 is 19.4 Å². The number of aromatic nitrogens is 2. The van der Waals surface area contributed by atoms with E-state index in [0.717, 1.165) is 12.0 Å². The quantitative estimate of drug-likeness (QED) is 0.580. The lowest BCUT2D eigenvalue weighted by atomic mass is 9.82. The van der Waals surface area contributed by atoms with Crippen molar-refractivity contribution in [3.05, 3.63) is 66.3 Å². The van der Waals surface area contributed by atoms with Crippen LogP contribution in [0.1, 0.15) is 42.7 Å². The van der Waals surface area contributed by atoms with Crippen LogP contribution in [0.25, 0.3) is 0 Å². The Morgan fingerprint density at radius 1 is 1.14 bits per heavy atom. The van der Waals surface area contributed by atoms with Crippen molar-refractivity contribution in [2.24, 2.45) is 11.8 Å². The molecule has 9 nitrogen and oxygen atoms in total. The van der Waals surface area contributed by atoms with Gasteiger partial charge in [-0.25, -0.2) is 4.98 Å². The van der Waals surface area contributed by atoms with Crippen molar-refractivity contribution in [3.8, 4) is 5.75 Å². The molecule has 0 spiro atoms. The van der Waals surface area contributed by atoms with Crippen molar-refractivity contribution in [2.75, 3.05) is 39.3 Å². The fourth-order valence-corrected chi connectivity index (χ4v) is 5.04. The molecule has 196 valence electrons. The molecule has 2 atom stereocenters. The van der Waals surface area contributed by atoms with Crippen molar-refractivity contribution < 1.29 is 19.1 Å². The predicted octanol–water partition coefficient (Wildman–Crippen LogP) is 2.79. The summed E-state index contributed by atoms with van der Waals surface area (Å²) >= 11 is 0. The molecule has 0 saturated carbocycles. The molecule has 1 aromatic carbocycles. The number of para-hydroxylation sites is 1. The second kappa shape index (κ2) is 12.5. The van der Waals surface area contributed by atoms with Gasteiger partial charge in [0.1, 0.15) is 24.6 Å². The first-order valence-corrected chi connectivity index (χ1v) is 13.0. The Bertz CT molecular complexity index is 1120. The summed E-state index contributed by atoms with van der Waals surface area (Å²) in [5.74, 6) is 0.496. The van der Waals surface area contributed by atoms with E-state index in [1.54, 1.807) is 0 Å². The molecular weight excluding hydrogens is 470 g/mol. The van der Waals surface area contributed by atoms with Gasteiger partial charge in [-0.05, 0) is 38.2 Å². The van der Waals surface area contributed by atoms with E-state index < -0.39 is 0 Å². The summed E-state index contributed by atoms with van der Waals surface area (Å²) in [6, 6.07) is 7.53. The zero-order valence-electron chi connectivity index (χ0n) is 21.6. The number of carbonyl (C=O) groups excluding carboxylic acids is 3. The SMILES string of the molecule is CCN(CC)C(=O)C[C@@H]1CCN2C[C@@H]1C=CCOc1ccccc1CN(C(=O)c1cnccn1)CC2=O. The number of hydrogen-bond donors (Lipinski definition) is 0. The number of carbonyl (C=O) groups is 3. The van der Waals surface area contributed by atoms with Gasteiger partial charge in [0, 0.05) is 50.6 Å². The number of ether oxygens (including phenoxy) is 1. The van der Waals surface area contributed by atoms with Gasteiger partial charge in [0.25, 0.3) is 5.91 Å². The van der Waals surface area contributed by atoms with Crippen LogP contribution < -0.4 is 4.74 Å². The number of fused-ring (bicyclic) bond motifs is 3. The standard InChI is InChI=1S/C28H35N5O4/c1-3-31(4-2)26(34)16-21-11-14-32-18-22(21)9-7-15-37-25-10-6-5-8-23(25)19-33(20-27(32)35)28(36)24-17-29-12-13-30-24/h5-10,12-13,17,21-22H,3-4,11,14-16,18-20H2,1-2H3/t21-,22-/m0/s1. The summed E-state index contributed by atoms with van der Waals surface area (Å²) in [7, 11) is 0. The van der Waals surface area contributed by atoms with Gasteiger partial charge in [0.15, 0.2) is 0 Å². The predicted molar refractivity (Wildman–Crippen MR) is 139 cm³/mol. The maximum atomic E-state index is 13.5. The largest absolute Gasteiger partial charge is 0.489 e. The minimum absolute atomic E-state index is 0.0287. The number of amides is 3. The maximum Gasteiger partial charge on any atom is 0.274 e. The average molecular weight is 506 g/mol. The molecular formula is C28H35N5O4. The van der Waals surface area contributed by atoms with Crippen LogP contribution in [0.3, 0.4) is 0 Å². The van der Waals surface area contributed by atoms with E-state index in [9.17, 15) is 14.4 Å². The lowest BCUT2D eigenvalue weighted by molar-refractivity contribution is -0.135. The normalized spacial score (nSPS) is 20.1. The molecule has 1 aromatic heterocycles. The van der Waals surface area contributed by atoms with Gasteiger partial charge in [-0.15, -0.1) is 0 Å². The number of rotatable bonds is 5. The molecule has 1 fully saturated rings. The average Bonchev–Trinajstić information content (AvgIpc) is 2.93. The van der Waals surface area contributed by atoms with Crippen LogP contribution in [0.15, 0.2) is 55.0 Å². The number of piperidine rings is 1. The summed E-state index contributed by atoms with van der Waals surface area (Å²) in [5, 5.41) is 0. The second-order valence-electron chi connectivity index (χ2n) is 9.42. The summed E-state index contributed by atoms with van der Waals surface area (Å²) in [6.45, 7) is 6.91. The maximum absolute atomic E-state index is 13.5. The monoisotopic (exact) mass is 505 g/mol. The van der Waals surface area contributed by atoms with Crippen molar-refractivity contribution in [3.63, 3.8) is 0 Å². The van der Waals surface area contributed by atoms with Gasteiger partial charge in [0.2, 0.25) is 11.8 Å². The molecule has 2 bridgehead atoms. The molecule has 3 amide bonds. The molecule has 2 aromatic rings. The van der Waals surface area contributed by atoms with E-state index in [1.807, 2.05) is 54.0 Å². The van der Waals surface area contributed by atoms with Crippen LogP contribution in [0.5, 0.6) is 5.75 Å². The van der Waals surface area contributed by atoms with Crippen molar-refractivity contribution in [2.45, 2.75) is 33.2 Å². The van der Waals surface area contributed by atoms with Crippen LogP contribution in [0, 0.1) is 11.8 Å². The number of hydrogen-bond acceptors (Lipinski definition) is 6. The zero-order valence-corrected chi connectivity index (χ0v) is 21.6. The van der Waals surface area contributed by atoms with E-state index in [4.69, 9.17) is 4.74 Å². The molecule has 3 heterocycles. The Labute approximate surface area is 218 Å². The topological polar surface area (TPSA) is 95.9 Å².